The molecule has 1 atom stereocenters. The fourth-order valence-electron chi connectivity index (χ4n) is 3.20. The molecule has 0 bridgehead atoms. The predicted molar refractivity (Wildman–Crippen MR) is 102 cm³/mol. The maximum Gasteiger partial charge on any atom is 0.317 e. The molecule has 3 amide bonds. The molecule has 2 saturated heterocycles. The van der Waals surface area contributed by atoms with E-state index in [2.05, 4.69) is 34.7 Å². The van der Waals surface area contributed by atoms with E-state index < -0.39 is 0 Å². The third kappa shape index (κ3) is 7.79. The molecule has 8 heteroatoms. The summed E-state index contributed by atoms with van der Waals surface area (Å²) in [6.45, 7) is 11.8. The number of amides is 3. The van der Waals surface area contributed by atoms with Crippen LogP contribution in [0.3, 0.4) is 0 Å². The second-order valence-corrected chi connectivity index (χ2v) is 7.25. The van der Waals surface area contributed by atoms with E-state index in [4.69, 9.17) is 0 Å². The fraction of sp³-hybridized carbons (Fsp3) is 0.882. The van der Waals surface area contributed by atoms with E-state index in [1.54, 1.807) is 4.90 Å². The molecular weight excluding hydrogens is 342 g/mol. The summed E-state index contributed by atoms with van der Waals surface area (Å²) in [7, 11) is 0. The number of urea groups is 1. The van der Waals surface area contributed by atoms with Crippen molar-refractivity contribution in [2.45, 2.75) is 26.7 Å². The van der Waals surface area contributed by atoms with Crippen LogP contribution in [0.15, 0.2) is 0 Å². The van der Waals surface area contributed by atoms with Gasteiger partial charge in [0.1, 0.15) is 0 Å². The van der Waals surface area contributed by atoms with Crippen molar-refractivity contribution in [2.75, 3.05) is 58.9 Å². The SMILES string of the molecule is CC(C)CNC(=O)N1CCCC(C(=O)NCCN2CCNCC2)C1.Cl. The van der Waals surface area contributed by atoms with Gasteiger partial charge in [-0.05, 0) is 18.8 Å². The van der Waals surface area contributed by atoms with Gasteiger partial charge < -0.3 is 20.9 Å². The van der Waals surface area contributed by atoms with Crippen LogP contribution in [0.25, 0.3) is 0 Å². The molecule has 2 heterocycles. The number of likely N-dealkylation sites (tertiary alicyclic amines) is 1. The van der Waals surface area contributed by atoms with Crippen molar-refractivity contribution in [3.05, 3.63) is 0 Å². The summed E-state index contributed by atoms with van der Waals surface area (Å²) < 4.78 is 0. The van der Waals surface area contributed by atoms with Crippen molar-refractivity contribution in [1.29, 1.82) is 0 Å². The first kappa shape index (κ1) is 22.0. The van der Waals surface area contributed by atoms with Crippen molar-refractivity contribution in [2.24, 2.45) is 11.8 Å². The highest BCUT2D eigenvalue weighted by Gasteiger charge is 2.28. The van der Waals surface area contributed by atoms with Crippen LogP contribution in [0.2, 0.25) is 0 Å². The van der Waals surface area contributed by atoms with Gasteiger partial charge in [0.05, 0.1) is 5.92 Å². The van der Waals surface area contributed by atoms with Gasteiger partial charge in [-0.3, -0.25) is 9.69 Å². The van der Waals surface area contributed by atoms with Gasteiger partial charge in [0, 0.05) is 58.9 Å². The van der Waals surface area contributed by atoms with Gasteiger partial charge in [0.25, 0.3) is 0 Å². The Bertz CT molecular complexity index is 416. The van der Waals surface area contributed by atoms with Gasteiger partial charge in [-0.25, -0.2) is 4.79 Å². The minimum absolute atomic E-state index is 0. The standard InChI is InChI=1S/C17H33N5O2.ClH/c1-14(2)12-20-17(24)22-8-3-4-15(13-22)16(23)19-7-11-21-9-5-18-6-10-21;/h14-15,18H,3-13H2,1-2H3,(H,19,23)(H,20,24);1H. The minimum atomic E-state index is -0.0772. The number of rotatable bonds is 6. The Kier molecular flexibility index (Phi) is 10.2. The second-order valence-electron chi connectivity index (χ2n) is 7.25. The summed E-state index contributed by atoms with van der Waals surface area (Å²) in [6, 6.07) is -0.0398. The molecule has 0 aromatic rings. The Labute approximate surface area is 157 Å². The molecule has 2 rings (SSSR count). The first-order valence-electron chi connectivity index (χ1n) is 9.30. The highest BCUT2D eigenvalue weighted by Crippen LogP contribution is 2.16. The Balaban J connectivity index is 0.00000312. The van der Waals surface area contributed by atoms with Crippen LogP contribution < -0.4 is 16.0 Å². The minimum Gasteiger partial charge on any atom is -0.355 e. The smallest absolute Gasteiger partial charge is 0.317 e. The zero-order chi connectivity index (χ0) is 17.4. The topological polar surface area (TPSA) is 76.7 Å². The van der Waals surface area contributed by atoms with E-state index in [0.717, 1.165) is 52.1 Å². The van der Waals surface area contributed by atoms with Gasteiger partial charge in [0.2, 0.25) is 5.91 Å². The van der Waals surface area contributed by atoms with Crippen LogP contribution in [0.1, 0.15) is 26.7 Å². The van der Waals surface area contributed by atoms with Gasteiger partial charge in [0.15, 0.2) is 0 Å². The summed E-state index contributed by atoms with van der Waals surface area (Å²) in [5, 5.41) is 9.32. The van der Waals surface area contributed by atoms with E-state index in [1.165, 1.54) is 0 Å². The number of carbonyl (C=O) groups is 2. The first-order valence-corrected chi connectivity index (χ1v) is 9.30. The molecule has 3 N–H and O–H groups in total. The van der Waals surface area contributed by atoms with Crippen molar-refractivity contribution in [1.82, 2.24) is 25.8 Å². The van der Waals surface area contributed by atoms with Gasteiger partial charge >= 0.3 is 6.03 Å². The van der Waals surface area contributed by atoms with E-state index in [-0.39, 0.29) is 30.3 Å². The summed E-state index contributed by atoms with van der Waals surface area (Å²) in [4.78, 5) is 28.7. The van der Waals surface area contributed by atoms with Gasteiger partial charge in [-0.15, -0.1) is 12.4 Å². The fourth-order valence-corrected chi connectivity index (χ4v) is 3.20. The maximum absolute atomic E-state index is 12.4. The summed E-state index contributed by atoms with van der Waals surface area (Å²) in [5.41, 5.74) is 0. The molecule has 146 valence electrons. The zero-order valence-electron chi connectivity index (χ0n) is 15.6. The lowest BCUT2D eigenvalue weighted by molar-refractivity contribution is -0.126. The van der Waals surface area contributed by atoms with Crippen LogP contribution in [-0.4, -0.2) is 80.6 Å². The highest BCUT2D eigenvalue weighted by molar-refractivity contribution is 5.85. The molecule has 0 spiro atoms. The molecular formula is C17H34ClN5O2. The number of piperazine rings is 1. The summed E-state index contributed by atoms with van der Waals surface area (Å²) in [6.07, 6.45) is 1.76. The number of piperidine rings is 1. The lowest BCUT2D eigenvalue weighted by Gasteiger charge is -2.32. The Morgan fingerprint density at radius 3 is 2.56 bits per heavy atom. The van der Waals surface area contributed by atoms with Crippen LogP contribution in [0, 0.1) is 11.8 Å². The molecule has 0 aliphatic carbocycles. The Morgan fingerprint density at radius 2 is 1.88 bits per heavy atom. The molecule has 2 fully saturated rings. The van der Waals surface area contributed by atoms with Crippen molar-refractivity contribution in [3.63, 3.8) is 0 Å². The molecule has 0 aromatic carbocycles. The average Bonchev–Trinajstić information content (AvgIpc) is 2.60. The van der Waals surface area contributed by atoms with Crippen molar-refractivity contribution >= 4 is 24.3 Å². The molecule has 0 radical (unpaired) electrons. The average molecular weight is 376 g/mol. The Hall–Kier alpha value is -1.05. The number of halogens is 1. The molecule has 1 unspecified atom stereocenters. The quantitative estimate of drug-likeness (QED) is 0.632. The molecule has 0 aromatic heterocycles. The van der Waals surface area contributed by atoms with E-state index in [1.807, 2.05) is 0 Å². The number of nitrogens with zero attached hydrogens (tertiary/aromatic N) is 2. The summed E-state index contributed by atoms with van der Waals surface area (Å²) in [5.74, 6) is 0.445. The van der Waals surface area contributed by atoms with Gasteiger partial charge in [-0.2, -0.15) is 0 Å². The molecule has 2 aliphatic heterocycles. The third-order valence-corrected chi connectivity index (χ3v) is 4.68. The highest BCUT2D eigenvalue weighted by atomic mass is 35.5. The number of hydrogen-bond acceptors (Lipinski definition) is 4. The predicted octanol–water partition coefficient (Wildman–Crippen LogP) is 0.507. The van der Waals surface area contributed by atoms with Crippen LogP contribution in [-0.2, 0) is 4.79 Å². The number of nitrogens with one attached hydrogen (secondary N) is 3. The maximum atomic E-state index is 12.4. The number of hydrogen-bond donors (Lipinski definition) is 3. The Morgan fingerprint density at radius 1 is 1.16 bits per heavy atom. The van der Waals surface area contributed by atoms with E-state index >= 15 is 0 Å². The van der Waals surface area contributed by atoms with Crippen molar-refractivity contribution in [3.8, 4) is 0 Å². The molecule has 0 saturated carbocycles. The van der Waals surface area contributed by atoms with Crippen LogP contribution in [0.5, 0.6) is 0 Å². The largest absolute Gasteiger partial charge is 0.355 e. The normalized spacial score (nSPS) is 21.6. The second kappa shape index (κ2) is 11.5. The molecule has 25 heavy (non-hydrogen) atoms. The lowest BCUT2D eigenvalue weighted by atomic mass is 9.97. The van der Waals surface area contributed by atoms with Gasteiger partial charge in [-0.1, -0.05) is 13.8 Å². The first-order chi connectivity index (χ1) is 11.6. The third-order valence-electron chi connectivity index (χ3n) is 4.68. The zero-order valence-corrected chi connectivity index (χ0v) is 16.4. The molecule has 7 nitrogen and oxygen atoms in total. The lowest BCUT2D eigenvalue weighted by Crippen LogP contribution is -2.50. The van der Waals surface area contributed by atoms with E-state index in [9.17, 15) is 9.59 Å². The van der Waals surface area contributed by atoms with Crippen molar-refractivity contribution < 1.29 is 9.59 Å². The molecule has 2 aliphatic rings. The summed E-state index contributed by atoms with van der Waals surface area (Å²) >= 11 is 0. The van der Waals surface area contributed by atoms with Crippen LogP contribution in [0.4, 0.5) is 4.79 Å². The monoisotopic (exact) mass is 375 g/mol. The van der Waals surface area contributed by atoms with Crippen LogP contribution >= 0.6 is 12.4 Å². The number of carbonyl (C=O) groups excluding carboxylic acids is 2. The van der Waals surface area contributed by atoms with E-state index in [0.29, 0.717) is 25.6 Å².